The maximum atomic E-state index is 12.6. The largest absolute Gasteiger partial charge is 0.369 e. The molecule has 4 nitrogen and oxygen atoms in total. The lowest BCUT2D eigenvalue weighted by Crippen LogP contribution is -2.50. The first-order valence-corrected chi connectivity index (χ1v) is 9.76. The molecule has 2 atom stereocenters. The fourth-order valence-electron chi connectivity index (χ4n) is 3.45. The summed E-state index contributed by atoms with van der Waals surface area (Å²) in [5.41, 5.74) is 1.27. The van der Waals surface area contributed by atoms with Gasteiger partial charge in [0.25, 0.3) is 0 Å². The SMILES string of the molecule is CN(C(=O)CC1CSCCN1)C1CCCN(c2ccccc2)C1.Cl.Cl. The minimum Gasteiger partial charge on any atom is -0.369 e. The molecule has 2 fully saturated rings. The van der Waals surface area contributed by atoms with E-state index in [0.29, 0.717) is 18.5 Å². The van der Waals surface area contributed by atoms with Crippen LogP contribution in [0, 0.1) is 0 Å². The maximum Gasteiger partial charge on any atom is 0.224 e. The van der Waals surface area contributed by atoms with E-state index in [-0.39, 0.29) is 30.7 Å². The van der Waals surface area contributed by atoms with Crippen LogP contribution >= 0.6 is 36.6 Å². The van der Waals surface area contributed by atoms with Gasteiger partial charge in [0.05, 0.1) is 0 Å². The summed E-state index contributed by atoms with van der Waals surface area (Å²) >= 11 is 1.95. The summed E-state index contributed by atoms with van der Waals surface area (Å²) in [6.07, 6.45) is 2.89. The predicted octanol–water partition coefficient (Wildman–Crippen LogP) is 3.05. The lowest BCUT2D eigenvalue weighted by Gasteiger charge is -2.39. The zero-order chi connectivity index (χ0) is 16.1. The smallest absolute Gasteiger partial charge is 0.224 e. The molecule has 2 aliphatic heterocycles. The van der Waals surface area contributed by atoms with E-state index >= 15 is 0 Å². The average molecular weight is 406 g/mol. The number of benzene rings is 1. The molecule has 1 aromatic rings. The number of piperidine rings is 1. The molecule has 0 aliphatic carbocycles. The number of para-hydroxylation sites is 1. The quantitative estimate of drug-likeness (QED) is 0.834. The molecule has 0 aromatic heterocycles. The van der Waals surface area contributed by atoms with Crippen LogP contribution in [0.4, 0.5) is 5.69 Å². The molecule has 0 bridgehead atoms. The second-order valence-corrected chi connectivity index (χ2v) is 7.66. The molecule has 25 heavy (non-hydrogen) atoms. The number of carbonyl (C=O) groups excluding carboxylic acids is 1. The molecular weight excluding hydrogens is 377 g/mol. The van der Waals surface area contributed by atoms with Crippen LogP contribution in [0.3, 0.4) is 0 Å². The highest BCUT2D eigenvalue weighted by Gasteiger charge is 2.27. The number of carbonyl (C=O) groups is 1. The number of thioether (sulfide) groups is 1. The third kappa shape index (κ3) is 6.24. The summed E-state index contributed by atoms with van der Waals surface area (Å²) in [5.74, 6) is 2.50. The number of rotatable bonds is 4. The highest BCUT2D eigenvalue weighted by atomic mass is 35.5. The number of nitrogens with one attached hydrogen (secondary N) is 1. The van der Waals surface area contributed by atoms with Gasteiger partial charge in [-0.2, -0.15) is 11.8 Å². The van der Waals surface area contributed by atoms with Crippen LogP contribution < -0.4 is 10.2 Å². The number of hydrogen-bond acceptors (Lipinski definition) is 4. The Morgan fingerprint density at radius 2 is 2.08 bits per heavy atom. The molecule has 2 aliphatic rings. The molecule has 1 amide bonds. The van der Waals surface area contributed by atoms with Crippen molar-refractivity contribution in [2.45, 2.75) is 31.3 Å². The van der Waals surface area contributed by atoms with Crippen LogP contribution in [-0.2, 0) is 4.79 Å². The first-order chi connectivity index (χ1) is 11.2. The lowest BCUT2D eigenvalue weighted by molar-refractivity contribution is -0.132. The average Bonchev–Trinajstić information content (AvgIpc) is 2.63. The van der Waals surface area contributed by atoms with E-state index < -0.39 is 0 Å². The Morgan fingerprint density at radius 3 is 2.76 bits per heavy atom. The Kier molecular flexibility index (Phi) is 10.0. The van der Waals surface area contributed by atoms with Gasteiger partial charge in [-0.05, 0) is 25.0 Å². The third-order valence-electron chi connectivity index (χ3n) is 4.88. The number of likely N-dealkylation sites (N-methyl/N-ethyl adjacent to an activating group) is 1. The Labute approximate surface area is 167 Å². The lowest BCUT2D eigenvalue weighted by atomic mass is 10.0. The second-order valence-electron chi connectivity index (χ2n) is 6.51. The maximum absolute atomic E-state index is 12.6. The molecule has 0 saturated carbocycles. The first-order valence-electron chi connectivity index (χ1n) is 8.61. The molecule has 2 saturated heterocycles. The van der Waals surface area contributed by atoms with Crippen molar-refractivity contribution in [1.29, 1.82) is 0 Å². The van der Waals surface area contributed by atoms with E-state index in [1.54, 1.807) is 0 Å². The van der Waals surface area contributed by atoms with Crippen LogP contribution in [0.15, 0.2) is 30.3 Å². The van der Waals surface area contributed by atoms with Gasteiger partial charge in [0.2, 0.25) is 5.91 Å². The Hall–Kier alpha value is -0.620. The first kappa shape index (κ1) is 22.4. The number of anilines is 1. The molecule has 0 spiro atoms. The zero-order valence-electron chi connectivity index (χ0n) is 14.7. The van der Waals surface area contributed by atoms with E-state index in [1.807, 2.05) is 23.7 Å². The second kappa shape index (κ2) is 11.2. The molecule has 1 aromatic carbocycles. The fourth-order valence-corrected chi connectivity index (χ4v) is 4.40. The standard InChI is InChI=1S/C18H27N3OS.2ClH/c1-20(18(22)12-15-14-23-11-9-19-15)17-8-5-10-21(13-17)16-6-3-2-4-7-16;;/h2-4,6-7,15,17,19H,5,8-14H2,1H3;2*1H. The van der Waals surface area contributed by atoms with Crippen molar-refractivity contribution in [3.8, 4) is 0 Å². The topological polar surface area (TPSA) is 35.6 Å². The van der Waals surface area contributed by atoms with Crippen LogP contribution in [0.2, 0.25) is 0 Å². The zero-order valence-corrected chi connectivity index (χ0v) is 17.2. The Morgan fingerprint density at radius 1 is 1.32 bits per heavy atom. The van der Waals surface area contributed by atoms with Gasteiger partial charge >= 0.3 is 0 Å². The van der Waals surface area contributed by atoms with Crippen LogP contribution in [0.5, 0.6) is 0 Å². The molecular formula is C18H29Cl2N3OS. The highest BCUT2D eigenvalue weighted by Crippen LogP contribution is 2.22. The van der Waals surface area contributed by atoms with Gasteiger partial charge in [-0.15, -0.1) is 24.8 Å². The minimum atomic E-state index is 0. The van der Waals surface area contributed by atoms with E-state index in [9.17, 15) is 4.79 Å². The minimum absolute atomic E-state index is 0. The third-order valence-corrected chi connectivity index (χ3v) is 6.01. The summed E-state index contributed by atoms with van der Waals surface area (Å²) < 4.78 is 0. The number of amides is 1. The molecule has 2 heterocycles. The van der Waals surface area contributed by atoms with Gasteiger partial charge in [0, 0.05) is 62.4 Å². The van der Waals surface area contributed by atoms with Gasteiger partial charge in [-0.1, -0.05) is 18.2 Å². The molecule has 2 unspecified atom stereocenters. The number of halogens is 2. The monoisotopic (exact) mass is 405 g/mol. The van der Waals surface area contributed by atoms with Crippen LogP contribution in [-0.4, -0.2) is 61.1 Å². The number of nitrogens with zero attached hydrogens (tertiary/aromatic N) is 2. The van der Waals surface area contributed by atoms with Crippen molar-refractivity contribution in [2.24, 2.45) is 0 Å². The van der Waals surface area contributed by atoms with Crippen molar-refractivity contribution in [3.63, 3.8) is 0 Å². The van der Waals surface area contributed by atoms with Crippen molar-refractivity contribution >= 4 is 48.2 Å². The van der Waals surface area contributed by atoms with Crippen molar-refractivity contribution in [1.82, 2.24) is 10.2 Å². The van der Waals surface area contributed by atoms with Gasteiger partial charge in [0.15, 0.2) is 0 Å². The van der Waals surface area contributed by atoms with E-state index in [1.165, 1.54) is 5.69 Å². The van der Waals surface area contributed by atoms with Crippen LogP contribution in [0.25, 0.3) is 0 Å². The van der Waals surface area contributed by atoms with E-state index in [2.05, 4.69) is 40.5 Å². The fraction of sp³-hybridized carbons (Fsp3) is 0.611. The summed E-state index contributed by atoms with van der Waals surface area (Å²) in [6.45, 7) is 3.06. The summed E-state index contributed by atoms with van der Waals surface area (Å²) in [7, 11) is 1.98. The molecule has 1 N–H and O–H groups in total. The molecule has 7 heteroatoms. The highest BCUT2D eigenvalue weighted by molar-refractivity contribution is 7.99. The number of hydrogen-bond donors (Lipinski definition) is 1. The van der Waals surface area contributed by atoms with Gasteiger partial charge in [-0.3, -0.25) is 4.79 Å². The van der Waals surface area contributed by atoms with Gasteiger partial charge in [0.1, 0.15) is 0 Å². The van der Waals surface area contributed by atoms with Crippen molar-refractivity contribution in [3.05, 3.63) is 30.3 Å². The molecule has 0 radical (unpaired) electrons. The Bertz CT molecular complexity index is 514. The van der Waals surface area contributed by atoms with Crippen LogP contribution in [0.1, 0.15) is 19.3 Å². The Balaban J connectivity index is 0.00000156. The van der Waals surface area contributed by atoms with Crippen molar-refractivity contribution in [2.75, 3.05) is 43.1 Å². The molecule has 142 valence electrons. The van der Waals surface area contributed by atoms with Crippen molar-refractivity contribution < 1.29 is 4.79 Å². The summed E-state index contributed by atoms with van der Waals surface area (Å²) in [4.78, 5) is 17.0. The van der Waals surface area contributed by atoms with Gasteiger partial charge in [-0.25, -0.2) is 0 Å². The van der Waals surface area contributed by atoms with E-state index in [4.69, 9.17) is 0 Å². The summed E-state index contributed by atoms with van der Waals surface area (Å²) in [5, 5.41) is 3.46. The summed E-state index contributed by atoms with van der Waals surface area (Å²) in [6, 6.07) is 11.2. The molecule has 3 rings (SSSR count). The normalized spacial score (nSPS) is 23.2. The van der Waals surface area contributed by atoms with E-state index in [0.717, 1.165) is 44.0 Å². The van der Waals surface area contributed by atoms with Gasteiger partial charge < -0.3 is 15.1 Å². The predicted molar refractivity (Wildman–Crippen MR) is 113 cm³/mol.